The Balaban J connectivity index is 2.38. The summed E-state index contributed by atoms with van der Waals surface area (Å²) in [6.07, 6.45) is 1.88. The van der Waals surface area contributed by atoms with Gasteiger partial charge >= 0.3 is 0 Å². The molecule has 2 rings (SSSR count). The highest BCUT2D eigenvalue weighted by atomic mass is 35.5. The van der Waals surface area contributed by atoms with Gasteiger partial charge in [0.25, 0.3) is 0 Å². The van der Waals surface area contributed by atoms with Gasteiger partial charge in [-0.3, -0.25) is 0 Å². The van der Waals surface area contributed by atoms with E-state index < -0.39 is 0 Å². The van der Waals surface area contributed by atoms with Crippen molar-refractivity contribution in [2.45, 2.75) is 18.3 Å². The number of aromatic nitrogens is 1. The number of thiazole rings is 1. The molecule has 1 saturated carbocycles. The molecule has 0 N–H and O–H groups in total. The van der Waals surface area contributed by atoms with Crippen molar-refractivity contribution >= 4 is 22.9 Å². The third-order valence-corrected chi connectivity index (χ3v) is 3.22. The molecule has 2 nitrogen and oxygen atoms in total. The second kappa shape index (κ2) is 2.20. The van der Waals surface area contributed by atoms with Crippen LogP contribution in [0.25, 0.3) is 0 Å². The highest BCUT2D eigenvalue weighted by Gasteiger charge is 2.47. The fourth-order valence-corrected chi connectivity index (χ4v) is 2.13. The number of halogens is 1. The lowest BCUT2D eigenvalue weighted by Gasteiger charge is -1.96. The first-order valence-electron chi connectivity index (χ1n) is 3.30. The average Bonchev–Trinajstić information content (AvgIpc) is 2.70. The predicted octanol–water partition coefficient (Wildman–Crippen LogP) is 2.35. The molecule has 0 spiro atoms. The van der Waals surface area contributed by atoms with Crippen LogP contribution in [0.5, 0.6) is 0 Å². The summed E-state index contributed by atoms with van der Waals surface area (Å²) >= 11 is 7.12. The quantitative estimate of drug-likeness (QED) is 0.672. The van der Waals surface area contributed by atoms with Crippen molar-refractivity contribution in [2.24, 2.45) is 0 Å². The molecule has 1 aliphatic carbocycles. The standard InChI is InChI=1S/C7H5ClN2S/c8-5-3-11-6(10-5)7(4-9)1-2-7/h3H,1-2H2. The smallest absolute Gasteiger partial charge is 0.140 e. The maximum absolute atomic E-state index is 8.79. The first kappa shape index (κ1) is 7.08. The number of rotatable bonds is 1. The first-order valence-corrected chi connectivity index (χ1v) is 4.55. The molecule has 0 aliphatic heterocycles. The monoisotopic (exact) mass is 184 g/mol. The van der Waals surface area contributed by atoms with Crippen LogP contribution in [0.1, 0.15) is 17.8 Å². The van der Waals surface area contributed by atoms with Gasteiger partial charge in [-0.2, -0.15) is 5.26 Å². The van der Waals surface area contributed by atoms with Crippen LogP contribution in [0.4, 0.5) is 0 Å². The summed E-state index contributed by atoms with van der Waals surface area (Å²) in [6.45, 7) is 0. The zero-order valence-electron chi connectivity index (χ0n) is 5.67. The Bertz CT molecular complexity index is 321. The molecular formula is C7H5ClN2S. The van der Waals surface area contributed by atoms with Gasteiger partial charge in [0.1, 0.15) is 15.6 Å². The Morgan fingerprint density at radius 1 is 1.73 bits per heavy atom. The van der Waals surface area contributed by atoms with Gasteiger partial charge in [-0.15, -0.1) is 11.3 Å². The molecule has 0 aromatic carbocycles. The van der Waals surface area contributed by atoms with Crippen LogP contribution in [0.2, 0.25) is 5.15 Å². The normalized spacial score (nSPS) is 19.3. The van der Waals surface area contributed by atoms with Crippen LogP contribution >= 0.6 is 22.9 Å². The summed E-state index contributed by atoms with van der Waals surface area (Å²) in [6, 6.07) is 2.27. The summed E-state index contributed by atoms with van der Waals surface area (Å²) in [7, 11) is 0. The Morgan fingerprint density at radius 2 is 2.45 bits per heavy atom. The zero-order chi connectivity index (χ0) is 7.90. The van der Waals surface area contributed by atoms with Crippen molar-refractivity contribution in [1.29, 1.82) is 5.26 Å². The van der Waals surface area contributed by atoms with Crippen molar-refractivity contribution in [3.8, 4) is 6.07 Å². The maximum Gasteiger partial charge on any atom is 0.140 e. The van der Waals surface area contributed by atoms with E-state index >= 15 is 0 Å². The van der Waals surface area contributed by atoms with E-state index in [2.05, 4.69) is 11.1 Å². The summed E-state index contributed by atoms with van der Waals surface area (Å²) < 4.78 is 0. The lowest BCUT2D eigenvalue weighted by Crippen LogP contribution is -2.00. The van der Waals surface area contributed by atoms with Crippen molar-refractivity contribution < 1.29 is 0 Å². The van der Waals surface area contributed by atoms with Gasteiger partial charge in [0.2, 0.25) is 0 Å². The van der Waals surface area contributed by atoms with Gasteiger partial charge in [-0.05, 0) is 12.8 Å². The van der Waals surface area contributed by atoms with E-state index in [4.69, 9.17) is 16.9 Å². The molecule has 1 aliphatic rings. The summed E-state index contributed by atoms with van der Waals surface area (Å²) in [5.41, 5.74) is -0.266. The second-order valence-electron chi connectivity index (χ2n) is 2.67. The Kier molecular flexibility index (Phi) is 1.41. The molecule has 56 valence electrons. The largest absolute Gasteiger partial charge is 0.228 e. The molecule has 11 heavy (non-hydrogen) atoms. The van der Waals surface area contributed by atoms with Crippen LogP contribution < -0.4 is 0 Å². The number of nitriles is 1. The lowest BCUT2D eigenvalue weighted by atomic mass is 10.1. The second-order valence-corrected chi connectivity index (χ2v) is 3.91. The Hall–Kier alpha value is -0.590. The fourth-order valence-electron chi connectivity index (χ4n) is 0.972. The molecule has 1 aromatic rings. The summed E-state index contributed by atoms with van der Waals surface area (Å²) in [4.78, 5) is 4.08. The molecule has 4 heteroatoms. The molecule has 0 radical (unpaired) electrons. The highest BCUT2D eigenvalue weighted by molar-refractivity contribution is 7.10. The van der Waals surface area contributed by atoms with E-state index in [0.29, 0.717) is 5.15 Å². The predicted molar refractivity (Wildman–Crippen MR) is 43.6 cm³/mol. The molecule has 1 aromatic heterocycles. The van der Waals surface area contributed by atoms with E-state index in [0.717, 1.165) is 17.8 Å². The summed E-state index contributed by atoms with van der Waals surface area (Å²) in [5.74, 6) is 0. The Labute approximate surface area is 73.4 Å². The molecular weight excluding hydrogens is 180 g/mol. The minimum Gasteiger partial charge on any atom is -0.228 e. The minimum absolute atomic E-state index is 0.266. The SMILES string of the molecule is N#CC1(c2nc(Cl)cs2)CC1. The molecule has 0 saturated heterocycles. The van der Waals surface area contributed by atoms with Gasteiger partial charge in [-0.1, -0.05) is 11.6 Å². The van der Waals surface area contributed by atoms with E-state index in [1.807, 2.05) is 0 Å². The van der Waals surface area contributed by atoms with Crippen molar-refractivity contribution in [3.05, 3.63) is 15.5 Å². The number of hydrogen-bond donors (Lipinski definition) is 0. The molecule has 0 bridgehead atoms. The number of nitrogens with zero attached hydrogens (tertiary/aromatic N) is 2. The first-order chi connectivity index (χ1) is 5.27. The van der Waals surface area contributed by atoms with Crippen LogP contribution in [-0.4, -0.2) is 4.98 Å². The van der Waals surface area contributed by atoms with Gasteiger partial charge in [0.05, 0.1) is 6.07 Å². The molecule has 1 heterocycles. The minimum atomic E-state index is -0.266. The molecule has 0 amide bonds. The zero-order valence-corrected chi connectivity index (χ0v) is 7.24. The van der Waals surface area contributed by atoms with Crippen LogP contribution in [0.3, 0.4) is 0 Å². The topological polar surface area (TPSA) is 36.7 Å². The molecule has 0 atom stereocenters. The van der Waals surface area contributed by atoms with E-state index in [9.17, 15) is 0 Å². The van der Waals surface area contributed by atoms with Crippen molar-refractivity contribution in [2.75, 3.05) is 0 Å². The molecule has 1 fully saturated rings. The van der Waals surface area contributed by atoms with Gasteiger partial charge < -0.3 is 0 Å². The Morgan fingerprint density at radius 3 is 2.82 bits per heavy atom. The van der Waals surface area contributed by atoms with E-state index in [1.54, 1.807) is 5.38 Å². The summed E-state index contributed by atoms with van der Waals surface area (Å²) in [5, 5.41) is 12.0. The number of hydrogen-bond acceptors (Lipinski definition) is 3. The highest BCUT2D eigenvalue weighted by Crippen LogP contribution is 2.48. The third-order valence-electron chi connectivity index (χ3n) is 1.85. The van der Waals surface area contributed by atoms with E-state index in [-0.39, 0.29) is 5.41 Å². The average molecular weight is 185 g/mol. The lowest BCUT2D eigenvalue weighted by molar-refractivity contribution is 0.890. The van der Waals surface area contributed by atoms with Gasteiger partial charge in [-0.25, -0.2) is 4.98 Å². The van der Waals surface area contributed by atoms with Crippen molar-refractivity contribution in [1.82, 2.24) is 4.98 Å². The van der Waals surface area contributed by atoms with Crippen LogP contribution in [-0.2, 0) is 5.41 Å². The maximum atomic E-state index is 8.79. The van der Waals surface area contributed by atoms with Gasteiger partial charge in [0.15, 0.2) is 0 Å². The van der Waals surface area contributed by atoms with Crippen molar-refractivity contribution in [3.63, 3.8) is 0 Å². The third kappa shape index (κ3) is 1.03. The van der Waals surface area contributed by atoms with Gasteiger partial charge in [0, 0.05) is 5.38 Å². The van der Waals surface area contributed by atoms with Crippen LogP contribution in [0, 0.1) is 11.3 Å². The fraction of sp³-hybridized carbons (Fsp3) is 0.429. The van der Waals surface area contributed by atoms with E-state index in [1.165, 1.54) is 11.3 Å². The van der Waals surface area contributed by atoms with Crippen LogP contribution in [0.15, 0.2) is 5.38 Å². The molecule has 0 unspecified atom stereocenters.